The van der Waals surface area contributed by atoms with Gasteiger partial charge in [0.25, 0.3) is 5.69 Å². The van der Waals surface area contributed by atoms with Crippen LogP contribution in [0.15, 0.2) is 24.3 Å². The second kappa shape index (κ2) is 4.82. The molecule has 0 saturated carbocycles. The largest absolute Gasteiger partial charge is 0.390 e. The molecule has 0 bridgehead atoms. The number of nitro groups is 1. The molecule has 3 nitrogen and oxygen atoms in total. The van der Waals surface area contributed by atoms with E-state index in [1.807, 2.05) is 0 Å². The Morgan fingerprint density at radius 3 is 2.19 bits per heavy atom. The lowest BCUT2D eigenvalue weighted by atomic mass is 10.1. The number of hydrogen-bond acceptors (Lipinski definition) is 2. The van der Waals surface area contributed by atoms with Crippen molar-refractivity contribution in [2.45, 2.75) is 17.4 Å². The van der Waals surface area contributed by atoms with E-state index >= 15 is 0 Å². The van der Waals surface area contributed by atoms with Gasteiger partial charge in [-0.2, -0.15) is 13.2 Å². The topological polar surface area (TPSA) is 43.1 Å². The zero-order valence-corrected chi connectivity index (χ0v) is 9.46. The molecule has 0 aromatic heterocycles. The van der Waals surface area contributed by atoms with E-state index in [4.69, 9.17) is 0 Å². The van der Waals surface area contributed by atoms with Crippen molar-refractivity contribution < 1.29 is 18.1 Å². The first-order valence-corrected chi connectivity index (χ1v) is 5.16. The fourth-order valence-electron chi connectivity index (χ4n) is 1.13. The molecule has 0 heterocycles. The fourth-order valence-corrected chi connectivity index (χ4v) is 1.80. The second-order valence-electron chi connectivity index (χ2n) is 3.14. The molecule has 0 aliphatic rings. The minimum absolute atomic E-state index is 0.143. The van der Waals surface area contributed by atoms with Crippen LogP contribution in [0, 0.1) is 10.1 Å². The van der Waals surface area contributed by atoms with Crippen molar-refractivity contribution in [2.75, 3.05) is 0 Å². The molecule has 0 amide bonds. The van der Waals surface area contributed by atoms with E-state index in [2.05, 4.69) is 15.9 Å². The summed E-state index contributed by atoms with van der Waals surface area (Å²) in [6, 6.07) is 4.98. The van der Waals surface area contributed by atoms with Gasteiger partial charge in [0.2, 0.25) is 0 Å². The zero-order chi connectivity index (χ0) is 12.3. The Labute approximate surface area is 97.5 Å². The Bertz CT molecular complexity index is 377. The van der Waals surface area contributed by atoms with Gasteiger partial charge in [-0.15, -0.1) is 0 Å². The van der Waals surface area contributed by atoms with Gasteiger partial charge in [-0.25, -0.2) is 0 Å². The molecule has 0 N–H and O–H groups in total. The maximum absolute atomic E-state index is 12.1. The van der Waals surface area contributed by atoms with E-state index < -0.39 is 22.3 Å². The lowest BCUT2D eigenvalue weighted by Crippen LogP contribution is -2.10. The number of hydrogen-bond donors (Lipinski definition) is 0. The average molecular weight is 298 g/mol. The summed E-state index contributed by atoms with van der Waals surface area (Å²) in [6.07, 6.45) is -5.28. The minimum Gasteiger partial charge on any atom is -0.258 e. The van der Waals surface area contributed by atoms with E-state index in [9.17, 15) is 23.3 Å². The summed E-state index contributed by atoms with van der Waals surface area (Å²) in [5.74, 6) is 0. The summed E-state index contributed by atoms with van der Waals surface area (Å²) in [5, 5.41) is 10.3. The van der Waals surface area contributed by atoms with Crippen LogP contribution < -0.4 is 0 Å². The van der Waals surface area contributed by atoms with Crippen LogP contribution in [-0.4, -0.2) is 11.1 Å². The van der Waals surface area contributed by atoms with E-state index in [0.717, 1.165) is 0 Å². The number of halogens is 4. The van der Waals surface area contributed by atoms with Crippen LogP contribution in [0.5, 0.6) is 0 Å². The first kappa shape index (κ1) is 13.0. The fraction of sp³-hybridized carbons (Fsp3) is 0.333. The van der Waals surface area contributed by atoms with Crippen LogP contribution in [-0.2, 0) is 0 Å². The highest BCUT2D eigenvalue weighted by Crippen LogP contribution is 2.35. The molecule has 0 aliphatic heterocycles. The highest BCUT2D eigenvalue weighted by atomic mass is 79.9. The normalized spacial score (nSPS) is 13.5. The van der Waals surface area contributed by atoms with Crippen LogP contribution in [0.1, 0.15) is 16.8 Å². The van der Waals surface area contributed by atoms with Crippen LogP contribution in [0.25, 0.3) is 0 Å². The van der Waals surface area contributed by atoms with Gasteiger partial charge in [0.1, 0.15) is 0 Å². The Morgan fingerprint density at radius 1 is 1.31 bits per heavy atom. The van der Waals surface area contributed by atoms with Gasteiger partial charge in [-0.1, -0.05) is 28.1 Å². The average Bonchev–Trinajstić information content (AvgIpc) is 2.15. The van der Waals surface area contributed by atoms with Gasteiger partial charge < -0.3 is 0 Å². The van der Waals surface area contributed by atoms with Crippen molar-refractivity contribution in [2.24, 2.45) is 0 Å². The molecule has 0 radical (unpaired) electrons. The predicted octanol–water partition coefficient (Wildman–Crippen LogP) is 3.98. The third-order valence-electron chi connectivity index (χ3n) is 1.88. The van der Waals surface area contributed by atoms with Crippen molar-refractivity contribution in [3.8, 4) is 0 Å². The highest BCUT2D eigenvalue weighted by molar-refractivity contribution is 9.09. The molecule has 1 rings (SSSR count). The molecular weight excluding hydrogens is 291 g/mol. The first-order valence-electron chi connectivity index (χ1n) is 4.25. The van der Waals surface area contributed by atoms with Crippen molar-refractivity contribution in [1.82, 2.24) is 0 Å². The SMILES string of the molecule is O=[N+]([O-])c1ccc(C(Br)CC(F)(F)F)cc1. The molecular formula is C9H7BrF3NO2. The summed E-state index contributed by atoms with van der Waals surface area (Å²) in [7, 11) is 0. The van der Waals surface area contributed by atoms with Gasteiger partial charge in [0, 0.05) is 17.0 Å². The Hall–Kier alpha value is -1.11. The molecule has 0 fully saturated rings. The van der Waals surface area contributed by atoms with Crippen LogP contribution >= 0.6 is 15.9 Å². The summed E-state index contributed by atoms with van der Waals surface area (Å²) in [6.45, 7) is 0. The van der Waals surface area contributed by atoms with Crippen molar-refractivity contribution in [1.29, 1.82) is 0 Å². The Balaban J connectivity index is 2.78. The number of rotatable bonds is 3. The van der Waals surface area contributed by atoms with Gasteiger partial charge in [-0.05, 0) is 5.56 Å². The van der Waals surface area contributed by atoms with Crippen molar-refractivity contribution >= 4 is 21.6 Å². The van der Waals surface area contributed by atoms with E-state index in [1.54, 1.807) is 0 Å². The van der Waals surface area contributed by atoms with Crippen LogP contribution in [0.4, 0.5) is 18.9 Å². The summed E-state index contributed by atoms with van der Waals surface area (Å²) in [5.41, 5.74) is 0.221. The molecule has 16 heavy (non-hydrogen) atoms. The van der Waals surface area contributed by atoms with Crippen LogP contribution in [0.3, 0.4) is 0 Å². The van der Waals surface area contributed by atoms with E-state index in [0.29, 0.717) is 5.56 Å². The van der Waals surface area contributed by atoms with Gasteiger partial charge >= 0.3 is 6.18 Å². The molecule has 7 heteroatoms. The maximum atomic E-state index is 12.1. The summed E-state index contributed by atoms with van der Waals surface area (Å²) >= 11 is 2.89. The molecule has 1 aromatic rings. The van der Waals surface area contributed by atoms with Crippen LogP contribution in [0.2, 0.25) is 0 Å². The molecule has 1 aromatic carbocycles. The van der Waals surface area contributed by atoms with Crippen molar-refractivity contribution in [3.05, 3.63) is 39.9 Å². The molecule has 0 saturated heterocycles. The Kier molecular flexibility index (Phi) is 3.90. The molecule has 1 unspecified atom stereocenters. The van der Waals surface area contributed by atoms with Gasteiger partial charge in [0.05, 0.1) is 11.3 Å². The second-order valence-corrected chi connectivity index (χ2v) is 4.24. The quantitative estimate of drug-likeness (QED) is 0.481. The minimum atomic E-state index is -4.27. The molecule has 0 spiro atoms. The van der Waals surface area contributed by atoms with Gasteiger partial charge in [0.15, 0.2) is 0 Å². The smallest absolute Gasteiger partial charge is 0.258 e. The van der Waals surface area contributed by atoms with Gasteiger partial charge in [-0.3, -0.25) is 10.1 Å². The first-order chi connectivity index (χ1) is 7.29. The Morgan fingerprint density at radius 2 is 1.81 bits per heavy atom. The number of nitro benzene ring substituents is 1. The van der Waals surface area contributed by atoms with Crippen molar-refractivity contribution in [3.63, 3.8) is 0 Å². The number of nitrogens with zero attached hydrogens (tertiary/aromatic N) is 1. The monoisotopic (exact) mass is 297 g/mol. The third-order valence-corrected chi connectivity index (χ3v) is 2.73. The van der Waals surface area contributed by atoms with E-state index in [-0.39, 0.29) is 5.69 Å². The lowest BCUT2D eigenvalue weighted by molar-refractivity contribution is -0.384. The molecule has 88 valence electrons. The predicted molar refractivity (Wildman–Crippen MR) is 55.4 cm³/mol. The molecule has 0 aliphatic carbocycles. The number of benzene rings is 1. The summed E-state index contributed by atoms with van der Waals surface area (Å²) < 4.78 is 36.2. The zero-order valence-electron chi connectivity index (χ0n) is 7.87. The number of non-ortho nitro benzene ring substituents is 1. The van der Waals surface area contributed by atoms with E-state index in [1.165, 1.54) is 24.3 Å². The lowest BCUT2D eigenvalue weighted by Gasteiger charge is -2.12. The summed E-state index contributed by atoms with van der Waals surface area (Å²) in [4.78, 5) is 8.84. The third kappa shape index (κ3) is 3.80. The standard InChI is InChI=1S/C9H7BrF3NO2/c10-8(5-9(11,12)13)6-1-3-7(4-2-6)14(15)16/h1-4,8H,5H2. The maximum Gasteiger partial charge on any atom is 0.390 e. The molecule has 1 atom stereocenters. The highest BCUT2D eigenvalue weighted by Gasteiger charge is 2.31. The number of alkyl halides is 4.